The first-order valence-electron chi connectivity index (χ1n) is 17.1. The molecule has 0 bridgehead atoms. The van der Waals surface area contributed by atoms with Crippen molar-refractivity contribution in [3.05, 3.63) is 48.1 Å². The van der Waals surface area contributed by atoms with Crippen molar-refractivity contribution in [3.8, 4) is 0 Å². The zero-order valence-electron chi connectivity index (χ0n) is 29.5. The molecule has 0 saturated carbocycles. The number of hydrogen-bond donors (Lipinski definition) is 2. The van der Waals surface area contributed by atoms with Crippen LogP contribution in [0.15, 0.2) is 48.1 Å². The van der Waals surface area contributed by atoms with E-state index in [1.54, 1.807) is 19.1 Å². The Labute approximate surface area is 292 Å². The highest BCUT2D eigenvalue weighted by Crippen LogP contribution is 2.39. The molecule has 3 amide bonds. The fourth-order valence-electron chi connectivity index (χ4n) is 5.48. The van der Waals surface area contributed by atoms with Crippen molar-refractivity contribution in [2.24, 2.45) is 0 Å². The highest BCUT2D eigenvalue weighted by atomic mass is 16.7. The number of rotatable bonds is 14. The molecular weight excluding hydrogens is 652 g/mol. The Morgan fingerprint density at radius 2 is 1.80 bits per heavy atom. The Morgan fingerprint density at radius 3 is 2.50 bits per heavy atom. The fourth-order valence-corrected chi connectivity index (χ4v) is 5.48. The number of carbonyl (C=O) groups is 6. The van der Waals surface area contributed by atoms with E-state index in [1.807, 2.05) is 0 Å². The van der Waals surface area contributed by atoms with Gasteiger partial charge in [0.05, 0.1) is 12.7 Å². The summed E-state index contributed by atoms with van der Waals surface area (Å²) < 4.78 is 33.8. The Balaban J connectivity index is 1.76. The first-order valence-corrected chi connectivity index (χ1v) is 17.1. The lowest BCUT2D eigenvalue weighted by molar-refractivity contribution is -0.151. The molecule has 0 radical (unpaired) electrons. The predicted molar refractivity (Wildman–Crippen MR) is 179 cm³/mol. The van der Waals surface area contributed by atoms with E-state index in [0.29, 0.717) is 31.3 Å². The minimum Gasteiger partial charge on any atom is -0.465 e. The van der Waals surface area contributed by atoms with Gasteiger partial charge in [-0.2, -0.15) is 0 Å². The molecule has 0 aromatic rings. The van der Waals surface area contributed by atoms with Gasteiger partial charge in [0, 0.05) is 32.6 Å². The summed E-state index contributed by atoms with van der Waals surface area (Å²) in [6.07, 6.45) is 11.0. The standard InChI is InChI=1S/C36H50N2O12/c1-6-7-8-9-10-16-29(42)46-21-14-12-15-26-31(47-26)33-34(50-35(44)37-25(4)40)32-27(48-32)19-18-23(2)22-28(41)38-36(45-5,24(3)39)20-13-11-17-30(43)49-33/h11-13,15,17,20,22,26-27,31-34H,6-10,14,16,18-19,21H2,1-5H3,(H,38,41)(H,37,40,44)/b15-12+,17-11-,20-13+,23-22-. The van der Waals surface area contributed by atoms with Crippen LogP contribution in [-0.4, -0.2) is 91.7 Å². The molecule has 7 atom stereocenters. The van der Waals surface area contributed by atoms with Crippen LogP contribution in [0.25, 0.3) is 0 Å². The number of nitrogens with one attached hydrogen (secondary N) is 2. The lowest BCUT2D eigenvalue weighted by atomic mass is 10.00. The van der Waals surface area contributed by atoms with Gasteiger partial charge in [-0.25, -0.2) is 9.59 Å². The van der Waals surface area contributed by atoms with Crippen LogP contribution < -0.4 is 10.6 Å². The third kappa shape index (κ3) is 13.3. The largest absolute Gasteiger partial charge is 0.465 e. The Morgan fingerprint density at radius 1 is 1.04 bits per heavy atom. The number of unbranched alkanes of at least 4 members (excludes halogenated alkanes) is 4. The number of alkyl carbamates (subject to hydrolysis) is 1. The quantitative estimate of drug-likeness (QED) is 0.0877. The van der Waals surface area contributed by atoms with E-state index < -0.39 is 72.0 Å². The molecule has 3 heterocycles. The molecule has 276 valence electrons. The number of ether oxygens (including phenoxy) is 6. The number of allylic oxidation sites excluding steroid dienone is 3. The molecule has 7 unspecified atom stereocenters. The number of epoxide rings is 2. The zero-order chi connectivity index (χ0) is 36.7. The minimum absolute atomic E-state index is 0.204. The van der Waals surface area contributed by atoms with Gasteiger partial charge in [-0.3, -0.25) is 24.5 Å². The number of ketones is 1. The molecule has 0 aromatic carbocycles. The van der Waals surface area contributed by atoms with Crippen molar-refractivity contribution in [1.29, 1.82) is 0 Å². The lowest BCUT2D eigenvalue weighted by Crippen LogP contribution is -2.53. The van der Waals surface area contributed by atoms with Gasteiger partial charge in [-0.15, -0.1) is 0 Å². The summed E-state index contributed by atoms with van der Waals surface area (Å²) in [6.45, 7) is 6.49. The van der Waals surface area contributed by atoms with Gasteiger partial charge < -0.3 is 33.7 Å². The van der Waals surface area contributed by atoms with Gasteiger partial charge in [0.15, 0.2) is 18.0 Å². The molecular formula is C36H50N2O12. The smallest absolute Gasteiger partial charge is 0.414 e. The van der Waals surface area contributed by atoms with Gasteiger partial charge in [0.25, 0.3) is 0 Å². The number of amides is 3. The monoisotopic (exact) mass is 702 g/mol. The van der Waals surface area contributed by atoms with E-state index in [-0.39, 0.29) is 12.6 Å². The lowest BCUT2D eigenvalue weighted by Gasteiger charge is -2.27. The van der Waals surface area contributed by atoms with Crippen molar-refractivity contribution in [3.63, 3.8) is 0 Å². The molecule has 14 heteroatoms. The maximum Gasteiger partial charge on any atom is 0.414 e. The van der Waals surface area contributed by atoms with Crippen LogP contribution in [-0.2, 0) is 52.4 Å². The van der Waals surface area contributed by atoms with Gasteiger partial charge in [0.2, 0.25) is 17.5 Å². The van der Waals surface area contributed by atoms with Crippen LogP contribution in [0.5, 0.6) is 0 Å². The highest BCUT2D eigenvalue weighted by molar-refractivity contribution is 5.96. The van der Waals surface area contributed by atoms with E-state index in [1.165, 1.54) is 38.3 Å². The van der Waals surface area contributed by atoms with Crippen LogP contribution in [0.1, 0.15) is 85.5 Å². The second kappa shape index (κ2) is 19.9. The first-order chi connectivity index (χ1) is 23.9. The van der Waals surface area contributed by atoms with Gasteiger partial charge in [-0.05, 0) is 45.6 Å². The molecule has 0 spiro atoms. The average Bonchev–Trinajstić information content (AvgIpc) is 3.98. The fraction of sp³-hybridized carbons (Fsp3) is 0.611. The van der Waals surface area contributed by atoms with Crippen molar-refractivity contribution < 1.29 is 57.2 Å². The summed E-state index contributed by atoms with van der Waals surface area (Å²) in [5.74, 6) is -2.77. The number of Topliss-reactive ketones (excluding diaryl/α,β-unsaturated/α-hetero) is 1. The highest BCUT2D eigenvalue weighted by Gasteiger charge is 2.58. The Kier molecular flexibility index (Phi) is 16.0. The van der Waals surface area contributed by atoms with Crippen molar-refractivity contribution in [2.45, 2.75) is 128 Å². The van der Waals surface area contributed by atoms with Crippen molar-refractivity contribution >= 4 is 35.6 Å². The summed E-state index contributed by atoms with van der Waals surface area (Å²) in [5, 5.41) is 4.63. The third-order valence-corrected chi connectivity index (χ3v) is 8.31. The topological polar surface area (TPSA) is 188 Å². The molecule has 2 fully saturated rings. The molecule has 0 aliphatic carbocycles. The van der Waals surface area contributed by atoms with Crippen LogP contribution >= 0.6 is 0 Å². The molecule has 50 heavy (non-hydrogen) atoms. The molecule has 3 aliphatic rings. The Bertz CT molecular complexity index is 1350. The summed E-state index contributed by atoms with van der Waals surface area (Å²) in [6, 6.07) is 0. The van der Waals surface area contributed by atoms with E-state index >= 15 is 0 Å². The van der Waals surface area contributed by atoms with Crippen molar-refractivity contribution in [1.82, 2.24) is 10.6 Å². The van der Waals surface area contributed by atoms with E-state index in [9.17, 15) is 28.8 Å². The number of fused-ring (bicyclic) bond motifs is 1. The number of esters is 2. The minimum atomic E-state index is -1.78. The summed E-state index contributed by atoms with van der Waals surface area (Å²) in [5.41, 5.74) is -1.10. The van der Waals surface area contributed by atoms with Crippen molar-refractivity contribution in [2.75, 3.05) is 13.7 Å². The molecule has 3 rings (SSSR count). The van der Waals surface area contributed by atoms with Crippen LogP contribution in [0.4, 0.5) is 4.79 Å². The molecule has 3 aliphatic heterocycles. The number of imide groups is 1. The number of cyclic esters (lactones) is 1. The zero-order valence-corrected chi connectivity index (χ0v) is 29.5. The van der Waals surface area contributed by atoms with Crippen LogP contribution in [0.3, 0.4) is 0 Å². The second-order valence-corrected chi connectivity index (χ2v) is 12.5. The predicted octanol–water partition coefficient (Wildman–Crippen LogP) is 3.82. The van der Waals surface area contributed by atoms with E-state index in [2.05, 4.69) is 17.6 Å². The normalized spacial score (nSPS) is 30.7. The number of carbonyl (C=O) groups excluding carboxylic acids is 6. The van der Waals surface area contributed by atoms with E-state index in [0.717, 1.165) is 45.1 Å². The molecule has 14 nitrogen and oxygen atoms in total. The summed E-state index contributed by atoms with van der Waals surface area (Å²) in [4.78, 5) is 74.5. The maximum absolute atomic E-state index is 13.1. The first kappa shape index (κ1) is 40.3. The number of hydrogen-bond acceptors (Lipinski definition) is 12. The second-order valence-electron chi connectivity index (χ2n) is 12.5. The van der Waals surface area contributed by atoms with Crippen LogP contribution in [0.2, 0.25) is 0 Å². The SMILES string of the molecule is CCCCCCCC(=O)OCC/C=C/C1OC1C1OC(=O)/C=C\C=C\C(OC)(C(C)=O)NC(=O)/C=C(/C)CCC2OC2C1OC(=O)NC(C)=O. The van der Waals surface area contributed by atoms with Gasteiger partial charge >= 0.3 is 18.0 Å². The average molecular weight is 703 g/mol. The Hall–Kier alpha value is -4.14. The van der Waals surface area contributed by atoms with E-state index in [4.69, 9.17) is 28.4 Å². The molecule has 2 saturated heterocycles. The summed E-state index contributed by atoms with van der Waals surface area (Å²) >= 11 is 0. The third-order valence-electron chi connectivity index (χ3n) is 8.31. The van der Waals surface area contributed by atoms with Gasteiger partial charge in [0.1, 0.15) is 18.3 Å². The van der Waals surface area contributed by atoms with Crippen LogP contribution in [0, 0.1) is 0 Å². The molecule has 2 N–H and O–H groups in total. The number of methoxy groups -OCH3 is 1. The molecule has 0 aromatic heterocycles. The maximum atomic E-state index is 13.1. The summed E-state index contributed by atoms with van der Waals surface area (Å²) in [7, 11) is 1.27. The van der Waals surface area contributed by atoms with Gasteiger partial charge in [-0.1, -0.05) is 62.5 Å².